The minimum atomic E-state index is -0.656. The normalized spacial score (nSPS) is 10.5. The highest BCUT2D eigenvalue weighted by Gasteiger charge is 2.07. The molecule has 0 aliphatic heterocycles. The fourth-order valence-corrected chi connectivity index (χ4v) is 2.45. The lowest BCUT2D eigenvalue weighted by Crippen LogP contribution is -2.33. The standard InChI is InChI=1S/C16H13Cl2N3O2S/c1-23-16(22)21-15(24)20-14-8-3-2-7-13(14)19-9-10-11(17)5-4-6-12(10)18/h2-9H,1H3,(H2,20,21,22,24)/b19-9+. The van der Waals surface area contributed by atoms with Gasteiger partial charge in [-0.25, -0.2) is 4.79 Å². The Balaban J connectivity index is 2.21. The Labute approximate surface area is 154 Å². The molecule has 5 nitrogen and oxygen atoms in total. The maximum Gasteiger partial charge on any atom is 0.413 e. The lowest BCUT2D eigenvalue weighted by atomic mass is 10.2. The second kappa shape index (κ2) is 8.63. The van der Waals surface area contributed by atoms with Crippen molar-refractivity contribution in [3.05, 3.63) is 58.1 Å². The molecule has 0 fully saturated rings. The molecule has 0 aliphatic carbocycles. The number of amides is 1. The van der Waals surface area contributed by atoms with E-state index >= 15 is 0 Å². The number of carbonyl (C=O) groups excluding carboxylic acids is 1. The Kier molecular flexibility index (Phi) is 6.54. The molecule has 0 saturated carbocycles. The summed E-state index contributed by atoms with van der Waals surface area (Å²) in [4.78, 5) is 15.6. The van der Waals surface area contributed by atoms with Crippen LogP contribution in [-0.4, -0.2) is 24.5 Å². The lowest BCUT2D eigenvalue weighted by molar-refractivity contribution is 0.177. The molecule has 2 aromatic rings. The molecular weight excluding hydrogens is 369 g/mol. The Morgan fingerprint density at radius 3 is 2.50 bits per heavy atom. The van der Waals surface area contributed by atoms with Crippen molar-refractivity contribution in [1.29, 1.82) is 0 Å². The van der Waals surface area contributed by atoms with Gasteiger partial charge in [-0.3, -0.25) is 10.3 Å². The third-order valence-electron chi connectivity index (χ3n) is 2.89. The summed E-state index contributed by atoms with van der Waals surface area (Å²) in [7, 11) is 1.25. The topological polar surface area (TPSA) is 62.7 Å². The first-order chi connectivity index (χ1) is 11.5. The Morgan fingerprint density at radius 2 is 1.83 bits per heavy atom. The van der Waals surface area contributed by atoms with Crippen LogP contribution in [0.4, 0.5) is 16.2 Å². The van der Waals surface area contributed by atoms with Crippen LogP contribution in [0.3, 0.4) is 0 Å². The van der Waals surface area contributed by atoms with Gasteiger partial charge in [0.05, 0.1) is 28.5 Å². The van der Waals surface area contributed by atoms with E-state index in [2.05, 4.69) is 20.4 Å². The van der Waals surface area contributed by atoms with Crippen molar-refractivity contribution >= 4 is 64.2 Å². The zero-order valence-electron chi connectivity index (χ0n) is 12.5. The smallest absolute Gasteiger partial charge is 0.413 e. The van der Waals surface area contributed by atoms with Gasteiger partial charge in [0.25, 0.3) is 0 Å². The van der Waals surface area contributed by atoms with E-state index in [-0.39, 0.29) is 5.11 Å². The van der Waals surface area contributed by atoms with Gasteiger partial charge in [0, 0.05) is 11.8 Å². The summed E-state index contributed by atoms with van der Waals surface area (Å²) in [5.74, 6) is 0. The summed E-state index contributed by atoms with van der Waals surface area (Å²) in [6.07, 6.45) is 0.915. The summed E-state index contributed by atoms with van der Waals surface area (Å²) >= 11 is 17.3. The number of nitrogens with one attached hydrogen (secondary N) is 2. The van der Waals surface area contributed by atoms with Crippen LogP contribution in [-0.2, 0) is 4.74 Å². The van der Waals surface area contributed by atoms with E-state index in [1.54, 1.807) is 36.5 Å². The molecule has 2 aromatic carbocycles. The minimum absolute atomic E-state index is 0.0975. The van der Waals surface area contributed by atoms with Crippen molar-refractivity contribution in [2.24, 2.45) is 4.99 Å². The molecule has 0 aliphatic rings. The molecule has 0 saturated heterocycles. The summed E-state index contributed by atoms with van der Waals surface area (Å²) in [6, 6.07) is 12.4. The number of nitrogens with zero attached hydrogens (tertiary/aromatic N) is 1. The number of methoxy groups -OCH3 is 1. The number of aliphatic imine (C=N–C) groups is 1. The molecule has 24 heavy (non-hydrogen) atoms. The van der Waals surface area contributed by atoms with E-state index in [4.69, 9.17) is 35.4 Å². The molecule has 0 heterocycles. The van der Waals surface area contributed by atoms with Gasteiger partial charge in [0.1, 0.15) is 0 Å². The van der Waals surface area contributed by atoms with E-state index in [1.165, 1.54) is 7.11 Å². The first-order valence-electron chi connectivity index (χ1n) is 6.74. The Hall–Kier alpha value is -2.15. The second-order valence-electron chi connectivity index (χ2n) is 4.48. The number of ether oxygens (including phenoxy) is 1. The molecule has 2 rings (SSSR count). The highest BCUT2D eigenvalue weighted by molar-refractivity contribution is 7.80. The summed E-state index contributed by atoms with van der Waals surface area (Å²) < 4.78 is 4.48. The van der Waals surface area contributed by atoms with Crippen LogP contribution in [0.5, 0.6) is 0 Å². The number of benzene rings is 2. The van der Waals surface area contributed by atoms with Gasteiger partial charge in [-0.15, -0.1) is 0 Å². The van der Waals surface area contributed by atoms with E-state index < -0.39 is 6.09 Å². The van der Waals surface area contributed by atoms with Gasteiger partial charge in [-0.2, -0.15) is 0 Å². The molecule has 0 spiro atoms. The number of alkyl carbamates (subject to hydrolysis) is 1. The molecule has 0 radical (unpaired) electrons. The number of halogens is 2. The van der Waals surface area contributed by atoms with E-state index in [0.717, 1.165) is 0 Å². The second-order valence-corrected chi connectivity index (χ2v) is 5.70. The van der Waals surface area contributed by atoms with Crippen molar-refractivity contribution in [2.75, 3.05) is 12.4 Å². The molecular formula is C16H13Cl2N3O2S. The van der Waals surface area contributed by atoms with Crippen molar-refractivity contribution in [2.45, 2.75) is 0 Å². The number of hydrogen-bond donors (Lipinski definition) is 2. The number of para-hydroxylation sites is 2. The average Bonchev–Trinajstić information content (AvgIpc) is 2.55. The maximum absolute atomic E-state index is 11.2. The number of carbonyl (C=O) groups is 1. The number of hydrogen-bond acceptors (Lipinski definition) is 4. The zero-order chi connectivity index (χ0) is 17.5. The monoisotopic (exact) mass is 381 g/mol. The molecule has 0 bridgehead atoms. The zero-order valence-corrected chi connectivity index (χ0v) is 14.9. The molecule has 0 aromatic heterocycles. The summed E-state index contributed by atoms with van der Waals surface area (Å²) in [6.45, 7) is 0. The quantitative estimate of drug-likeness (QED) is 0.592. The van der Waals surface area contributed by atoms with E-state index in [1.807, 2.05) is 12.1 Å². The first kappa shape index (κ1) is 18.2. The van der Waals surface area contributed by atoms with Crippen LogP contribution < -0.4 is 10.6 Å². The SMILES string of the molecule is COC(=O)NC(=S)Nc1ccccc1/N=C/c1c(Cl)cccc1Cl. The molecule has 2 N–H and O–H groups in total. The van der Waals surface area contributed by atoms with Crippen molar-refractivity contribution in [3.63, 3.8) is 0 Å². The molecule has 0 atom stereocenters. The minimum Gasteiger partial charge on any atom is -0.453 e. The van der Waals surface area contributed by atoms with Gasteiger partial charge in [0.2, 0.25) is 0 Å². The van der Waals surface area contributed by atoms with Crippen LogP contribution >= 0.6 is 35.4 Å². The maximum atomic E-state index is 11.2. The molecule has 0 unspecified atom stereocenters. The Bertz CT molecular complexity index is 776. The third kappa shape index (κ3) is 4.92. The van der Waals surface area contributed by atoms with Crippen LogP contribution in [0.25, 0.3) is 0 Å². The number of anilines is 1. The lowest BCUT2D eigenvalue weighted by Gasteiger charge is -2.10. The fraction of sp³-hybridized carbons (Fsp3) is 0.0625. The van der Waals surface area contributed by atoms with Crippen molar-refractivity contribution in [3.8, 4) is 0 Å². The van der Waals surface area contributed by atoms with Gasteiger partial charge in [-0.05, 0) is 36.5 Å². The van der Waals surface area contributed by atoms with Crippen LogP contribution in [0.1, 0.15) is 5.56 Å². The third-order valence-corrected chi connectivity index (χ3v) is 3.75. The largest absolute Gasteiger partial charge is 0.453 e. The van der Waals surface area contributed by atoms with Crippen LogP contribution in [0.2, 0.25) is 10.0 Å². The molecule has 124 valence electrons. The molecule has 1 amide bonds. The number of thiocarbonyl (C=S) groups is 1. The number of rotatable bonds is 3. The highest BCUT2D eigenvalue weighted by atomic mass is 35.5. The summed E-state index contributed by atoms with van der Waals surface area (Å²) in [5, 5.41) is 6.34. The molecule has 8 heteroatoms. The predicted octanol–water partition coefficient (Wildman–Crippen LogP) is 4.80. The predicted molar refractivity (Wildman–Crippen MR) is 102 cm³/mol. The average molecular weight is 382 g/mol. The highest BCUT2D eigenvalue weighted by Crippen LogP contribution is 2.27. The van der Waals surface area contributed by atoms with Crippen LogP contribution in [0, 0.1) is 0 Å². The van der Waals surface area contributed by atoms with Gasteiger partial charge >= 0.3 is 6.09 Å². The van der Waals surface area contributed by atoms with E-state index in [9.17, 15) is 4.79 Å². The first-order valence-corrected chi connectivity index (χ1v) is 7.90. The Morgan fingerprint density at radius 1 is 1.17 bits per heavy atom. The van der Waals surface area contributed by atoms with Gasteiger partial charge in [0.15, 0.2) is 5.11 Å². The summed E-state index contributed by atoms with van der Waals surface area (Å²) in [5.41, 5.74) is 1.83. The van der Waals surface area contributed by atoms with Gasteiger partial charge < -0.3 is 10.1 Å². The van der Waals surface area contributed by atoms with Gasteiger partial charge in [-0.1, -0.05) is 41.4 Å². The van der Waals surface area contributed by atoms with E-state index in [0.29, 0.717) is 27.0 Å². The van der Waals surface area contributed by atoms with Crippen LogP contribution in [0.15, 0.2) is 47.5 Å². The fourth-order valence-electron chi connectivity index (χ4n) is 1.76. The van der Waals surface area contributed by atoms with Crippen molar-refractivity contribution in [1.82, 2.24) is 5.32 Å². The van der Waals surface area contributed by atoms with Crippen molar-refractivity contribution < 1.29 is 9.53 Å².